The zero-order valence-electron chi connectivity index (χ0n) is 15.4. The van der Waals surface area contributed by atoms with Crippen LogP contribution in [0.15, 0.2) is 47.6 Å². The minimum atomic E-state index is -0.902. The third-order valence-electron chi connectivity index (χ3n) is 4.65. The molecule has 1 heterocycles. The van der Waals surface area contributed by atoms with Gasteiger partial charge in [-0.15, -0.1) is 0 Å². The van der Waals surface area contributed by atoms with Gasteiger partial charge in [-0.2, -0.15) is 0 Å². The number of amides is 1. The van der Waals surface area contributed by atoms with Crippen LogP contribution >= 0.6 is 0 Å². The van der Waals surface area contributed by atoms with Gasteiger partial charge in [0.25, 0.3) is 0 Å². The molecular weight excluding hydrogens is 334 g/mol. The summed E-state index contributed by atoms with van der Waals surface area (Å²) in [4.78, 5) is 36.2. The summed E-state index contributed by atoms with van der Waals surface area (Å²) < 4.78 is 9.44. The first-order valence-electron chi connectivity index (χ1n) is 8.27. The highest BCUT2D eigenvalue weighted by Crippen LogP contribution is 2.43. The molecule has 0 atom stereocenters. The summed E-state index contributed by atoms with van der Waals surface area (Å²) >= 11 is 0. The number of allylic oxidation sites excluding steroid dienone is 2. The van der Waals surface area contributed by atoms with Crippen molar-refractivity contribution in [3.63, 3.8) is 0 Å². The number of methoxy groups -OCH3 is 2. The van der Waals surface area contributed by atoms with Gasteiger partial charge in [0.05, 0.1) is 19.6 Å². The van der Waals surface area contributed by atoms with Gasteiger partial charge < -0.3 is 14.8 Å². The number of hydrogen-bond donors (Lipinski definition) is 1. The Kier molecular flexibility index (Phi) is 5.97. The van der Waals surface area contributed by atoms with Crippen LogP contribution in [0.2, 0.25) is 0 Å². The molecule has 0 aliphatic carbocycles. The molecule has 2 rings (SSSR count). The molecule has 0 radical (unpaired) electrons. The third kappa shape index (κ3) is 3.69. The maximum Gasteiger partial charge on any atom is 0.333 e. The van der Waals surface area contributed by atoms with Crippen molar-refractivity contribution in [1.82, 2.24) is 0 Å². The van der Waals surface area contributed by atoms with E-state index < -0.39 is 17.4 Å². The Bertz CT molecular complexity index is 757. The molecule has 0 aromatic heterocycles. The second-order valence-corrected chi connectivity index (χ2v) is 6.25. The Morgan fingerprint density at radius 2 is 1.50 bits per heavy atom. The lowest BCUT2D eigenvalue weighted by Gasteiger charge is -2.25. The van der Waals surface area contributed by atoms with Crippen molar-refractivity contribution in [2.45, 2.75) is 32.1 Å². The number of esters is 2. The molecule has 0 unspecified atom stereocenters. The normalized spacial score (nSPS) is 19.6. The molecule has 26 heavy (non-hydrogen) atoms. The van der Waals surface area contributed by atoms with E-state index in [-0.39, 0.29) is 5.91 Å². The van der Waals surface area contributed by atoms with Gasteiger partial charge in [0.15, 0.2) is 0 Å². The van der Waals surface area contributed by atoms with Crippen LogP contribution in [-0.4, -0.2) is 32.1 Å². The summed E-state index contributed by atoms with van der Waals surface area (Å²) in [6, 6.07) is 7.43. The molecule has 1 aromatic rings. The number of fused-ring (bicyclic) bond motifs is 1. The first kappa shape index (κ1) is 19.4. The molecule has 0 saturated carbocycles. The van der Waals surface area contributed by atoms with Crippen LogP contribution in [0.1, 0.15) is 32.3 Å². The van der Waals surface area contributed by atoms with Crippen LogP contribution in [0.3, 0.4) is 0 Å². The van der Waals surface area contributed by atoms with Gasteiger partial charge in [-0.25, -0.2) is 9.59 Å². The lowest BCUT2D eigenvalue weighted by molar-refractivity contribution is -0.136. The summed E-state index contributed by atoms with van der Waals surface area (Å²) in [5.74, 6) is -1.04. The standard InChI is InChI=1S/C20H23NO5/c1-13(17(22)25-3)9-11-20(12-10-14(2)18(23)26-4)15-7-5-6-8-16(15)21-19(20)24/h5-10H,11-12H2,1-4H3,(H,21,24)/b13-9+,14-10+. The van der Waals surface area contributed by atoms with E-state index in [9.17, 15) is 14.4 Å². The van der Waals surface area contributed by atoms with E-state index in [1.54, 1.807) is 26.0 Å². The van der Waals surface area contributed by atoms with Crippen LogP contribution in [0.4, 0.5) is 5.69 Å². The maximum atomic E-state index is 12.9. The fraction of sp³-hybridized carbons (Fsp3) is 0.350. The molecule has 1 aromatic carbocycles. The number of carbonyl (C=O) groups is 3. The predicted octanol–water partition coefficient (Wildman–Crippen LogP) is 2.90. The smallest absolute Gasteiger partial charge is 0.333 e. The summed E-state index contributed by atoms with van der Waals surface area (Å²) in [5, 5.41) is 2.89. The fourth-order valence-corrected chi connectivity index (χ4v) is 3.01. The van der Waals surface area contributed by atoms with Crippen LogP contribution < -0.4 is 5.32 Å². The van der Waals surface area contributed by atoms with E-state index in [1.165, 1.54) is 14.2 Å². The van der Waals surface area contributed by atoms with Crippen molar-refractivity contribution in [3.8, 4) is 0 Å². The average Bonchev–Trinajstić information content (AvgIpc) is 2.94. The highest BCUT2D eigenvalue weighted by Gasteiger charge is 2.45. The SMILES string of the molecule is COC(=O)/C(C)=C/CC1(C/C=C(\C)C(=O)OC)C(=O)Nc2ccccc21. The van der Waals surface area contributed by atoms with E-state index in [0.717, 1.165) is 11.3 Å². The van der Waals surface area contributed by atoms with Gasteiger partial charge in [-0.3, -0.25) is 4.79 Å². The van der Waals surface area contributed by atoms with Gasteiger partial charge in [-0.05, 0) is 38.3 Å². The molecule has 0 saturated heterocycles. The van der Waals surface area contributed by atoms with Crippen LogP contribution in [0, 0.1) is 0 Å². The molecule has 1 N–H and O–H groups in total. The number of nitrogens with one attached hydrogen (secondary N) is 1. The molecule has 0 spiro atoms. The maximum absolute atomic E-state index is 12.9. The fourth-order valence-electron chi connectivity index (χ4n) is 3.01. The van der Waals surface area contributed by atoms with Crippen molar-refractivity contribution < 1.29 is 23.9 Å². The number of carbonyl (C=O) groups excluding carboxylic acids is 3. The summed E-state index contributed by atoms with van der Waals surface area (Å²) in [7, 11) is 2.63. The zero-order valence-corrected chi connectivity index (χ0v) is 15.4. The van der Waals surface area contributed by atoms with Gasteiger partial charge in [0.1, 0.15) is 0 Å². The second kappa shape index (κ2) is 7.99. The second-order valence-electron chi connectivity index (χ2n) is 6.25. The van der Waals surface area contributed by atoms with Gasteiger partial charge in [0.2, 0.25) is 5.91 Å². The number of rotatable bonds is 6. The number of para-hydroxylation sites is 1. The molecule has 0 bridgehead atoms. The van der Waals surface area contributed by atoms with Crippen molar-refractivity contribution >= 4 is 23.5 Å². The van der Waals surface area contributed by atoms with E-state index in [1.807, 2.05) is 24.3 Å². The van der Waals surface area contributed by atoms with Crippen LogP contribution in [-0.2, 0) is 29.3 Å². The average molecular weight is 357 g/mol. The molecule has 6 nitrogen and oxygen atoms in total. The van der Waals surface area contributed by atoms with Crippen molar-refractivity contribution in [2.75, 3.05) is 19.5 Å². The first-order chi connectivity index (χ1) is 12.4. The number of ether oxygens (including phenoxy) is 2. The Hall–Kier alpha value is -2.89. The monoisotopic (exact) mass is 357 g/mol. The van der Waals surface area contributed by atoms with E-state index >= 15 is 0 Å². The lowest BCUT2D eigenvalue weighted by Crippen LogP contribution is -2.34. The molecule has 1 aliphatic heterocycles. The molecular formula is C20H23NO5. The van der Waals surface area contributed by atoms with Crippen LogP contribution in [0.25, 0.3) is 0 Å². The van der Waals surface area contributed by atoms with Crippen molar-refractivity contribution in [3.05, 3.63) is 53.1 Å². The quantitative estimate of drug-likeness (QED) is 0.625. The van der Waals surface area contributed by atoms with Crippen molar-refractivity contribution in [1.29, 1.82) is 0 Å². The summed E-state index contributed by atoms with van der Waals surface area (Å²) in [6.07, 6.45) is 4.02. The van der Waals surface area contributed by atoms with Gasteiger partial charge in [-0.1, -0.05) is 30.4 Å². The lowest BCUT2D eigenvalue weighted by atomic mass is 9.75. The number of anilines is 1. The highest BCUT2D eigenvalue weighted by atomic mass is 16.5. The van der Waals surface area contributed by atoms with E-state index in [4.69, 9.17) is 9.47 Å². The first-order valence-corrected chi connectivity index (χ1v) is 8.27. The highest BCUT2D eigenvalue weighted by molar-refractivity contribution is 6.06. The third-order valence-corrected chi connectivity index (χ3v) is 4.65. The molecule has 0 fully saturated rings. The number of hydrogen-bond acceptors (Lipinski definition) is 5. The molecule has 6 heteroatoms. The topological polar surface area (TPSA) is 81.7 Å². The minimum absolute atomic E-state index is 0.165. The van der Waals surface area contributed by atoms with E-state index in [2.05, 4.69) is 5.32 Å². The van der Waals surface area contributed by atoms with Gasteiger partial charge >= 0.3 is 11.9 Å². The Labute approximate surface area is 152 Å². The van der Waals surface area contributed by atoms with Gasteiger partial charge in [0, 0.05) is 16.8 Å². The molecule has 1 aliphatic rings. The van der Waals surface area contributed by atoms with E-state index in [0.29, 0.717) is 24.0 Å². The Morgan fingerprint density at radius 1 is 1.00 bits per heavy atom. The van der Waals surface area contributed by atoms with Crippen LogP contribution in [0.5, 0.6) is 0 Å². The largest absolute Gasteiger partial charge is 0.466 e. The Morgan fingerprint density at radius 3 is 2.00 bits per heavy atom. The number of benzene rings is 1. The van der Waals surface area contributed by atoms with Crippen molar-refractivity contribution in [2.24, 2.45) is 0 Å². The molecule has 138 valence electrons. The molecule has 1 amide bonds. The minimum Gasteiger partial charge on any atom is -0.466 e. The Balaban J connectivity index is 2.45. The predicted molar refractivity (Wildman–Crippen MR) is 97.5 cm³/mol. The zero-order chi connectivity index (χ0) is 19.3. The summed E-state index contributed by atoms with van der Waals surface area (Å²) in [6.45, 7) is 3.29. The summed E-state index contributed by atoms with van der Waals surface area (Å²) in [5.41, 5.74) is 1.54.